The van der Waals surface area contributed by atoms with Gasteiger partial charge in [-0.25, -0.2) is 9.78 Å². The molecular formula is C18H24N4O2. The van der Waals surface area contributed by atoms with Gasteiger partial charge in [0.1, 0.15) is 11.6 Å². The van der Waals surface area contributed by atoms with E-state index in [4.69, 9.17) is 4.42 Å². The highest BCUT2D eigenvalue weighted by molar-refractivity contribution is 5.88. The first-order valence-corrected chi connectivity index (χ1v) is 8.48. The molecule has 24 heavy (non-hydrogen) atoms. The summed E-state index contributed by atoms with van der Waals surface area (Å²) in [6.45, 7) is 4.50. The lowest BCUT2D eigenvalue weighted by molar-refractivity contribution is 0.144. The SMILES string of the molecule is Cc1cccnc1NC(=O)NC[C@H](c1ccco1)N1CCCCC1. The number of rotatable bonds is 5. The number of hydrogen-bond acceptors (Lipinski definition) is 4. The zero-order valence-electron chi connectivity index (χ0n) is 14.0. The predicted molar refractivity (Wildman–Crippen MR) is 92.9 cm³/mol. The number of carbonyl (C=O) groups is 1. The van der Waals surface area contributed by atoms with E-state index in [1.807, 2.05) is 31.2 Å². The Balaban J connectivity index is 1.61. The maximum absolute atomic E-state index is 12.2. The lowest BCUT2D eigenvalue weighted by Crippen LogP contribution is -2.41. The molecular weight excluding hydrogens is 304 g/mol. The number of nitrogens with zero attached hydrogens (tertiary/aromatic N) is 2. The lowest BCUT2D eigenvalue weighted by Gasteiger charge is -2.33. The number of aryl methyl sites for hydroxylation is 1. The molecule has 1 atom stereocenters. The second-order valence-electron chi connectivity index (χ2n) is 6.13. The van der Waals surface area contributed by atoms with Crippen LogP contribution in [0.25, 0.3) is 0 Å². The molecule has 0 aliphatic carbocycles. The number of carbonyl (C=O) groups excluding carboxylic acids is 1. The van der Waals surface area contributed by atoms with Gasteiger partial charge in [0.25, 0.3) is 0 Å². The second kappa shape index (κ2) is 7.97. The van der Waals surface area contributed by atoms with Crippen molar-refractivity contribution in [3.63, 3.8) is 0 Å². The van der Waals surface area contributed by atoms with Crippen LogP contribution in [-0.2, 0) is 0 Å². The Morgan fingerprint density at radius 1 is 1.29 bits per heavy atom. The van der Waals surface area contributed by atoms with Crippen LogP contribution in [0.4, 0.5) is 10.6 Å². The van der Waals surface area contributed by atoms with E-state index in [-0.39, 0.29) is 12.1 Å². The van der Waals surface area contributed by atoms with Crippen LogP contribution in [-0.4, -0.2) is 35.5 Å². The lowest BCUT2D eigenvalue weighted by atomic mass is 10.1. The molecule has 0 saturated carbocycles. The molecule has 2 aromatic rings. The number of pyridine rings is 1. The molecule has 1 aliphatic heterocycles. The Morgan fingerprint density at radius 2 is 2.12 bits per heavy atom. The molecule has 6 heteroatoms. The number of anilines is 1. The van der Waals surface area contributed by atoms with Gasteiger partial charge >= 0.3 is 6.03 Å². The number of amides is 2. The van der Waals surface area contributed by atoms with E-state index in [0.717, 1.165) is 24.4 Å². The molecule has 1 aliphatic rings. The van der Waals surface area contributed by atoms with E-state index in [1.165, 1.54) is 19.3 Å². The minimum absolute atomic E-state index is 0.0656. The molecule has 1 saturated heterocycles. The van der Waals surface area contributed by atoms with Crippen LogP contribution in [0, 0.1) is 6.92 Å². The summed E-state index contributed by atoms with van der Waals surface area (Å²) in [6.07, 6.45) is 7.01. The van der Waals surface area contributed by atoms with E-state index in [2.05, 4.69) is 20.5 Å². The summed E-state index contributed by atoms with van der Waals surface area (Å²) < 4.78 is 5.59. The fraction of sp³-hybridized carbons (Fsp3) is 0.444. The van der Waals surface area contributed by atoms with Crippen molar-refractivity contribution >= 4 is 11.8 Å². The third kappa shape index (κ3) is 4.14. The maximum atomic E-state index is 12.2. The van der Waals surface area contributed by atoms with Crippen molar-refractivity contribution in [2.24, 2.45) is 0 Å². The number of aromatic nitrogens is 1. The minimum atomic E-state index is -0.245. The van der Waals surface area contributed by atoms with E-state index in [9.17, 15) is 4.79 Å². The van der Waals surface area contributed by atoms with Gasteiger partial charge in [0, 0.05) is 12.7 Å². The minimum Gasteiger partial charge on any atom is -0.468 e. The summed E-state index contributed by atoms with van der Waals surface area (Å²) in [5.41, 5.74) is 0.936. The Labute approximate surface area is 142 Å². The summed E-state index contributed by atoms with van der Waals surface area (Å²) in [5.74, 6) is 1.48. The molecule has 0 unspecified atom stereocenters. The Morgan fingerprint density at radius 3 is 2.83 bits per heavy atom. The predicted octanol–water partition coefficient (Wildman–Crippen LogP) is 3.33. The van der Waals surface area contributed by atoms with Gasteiger partial charge in [0.15, 0.2) is 0 Å². The largest absolute Gasteiger partial charge is 0.468 e. The van der Waals surface area contributed by atoms with Gasteiger partial charge in [-0.05, 0) is 56.6 Å². The first-order valence-electron chi connectivity index (χ1n) is 8.48. The van der Waals surface area contributed by atoms with Gasteiger partial charge in [0.05, 0.1) is 12.3 Å². The maximum Gasteiger partial charge on any atom is 0.320 e. The van der Waals surface area contributed by atoms with Crippen molar-refractivity contribution in [3.8, 4) is 0 Å². The number of furan rings is 1. The highest BCUT2D eigenvalue weighted by Crippen LogP contribution is 2.24. The van der Waals surface area contributed by atoms with Crippen LogP contribution in [0.5, 0.6) is 0 Å². The van der Waals surface area contributed by atoms with E-state index >= 15 is 0 Å². The summed E-state index contributed by atoms with van der Waals surface area (Å²) >= 11 is 0. The first kappa shape index (κ1) is 16.5. The first-order chi connectivity index (χ1) is 11.7. The third-order valence-electron chi connectivity index (χ3n) is 4.40. The van der Waals surface area contributed by atoms with E-state index in [1.54, 1.807) is 12.5 Å². The molecule has 0 spiro atoms. The third-order valence-corrected chi connectivity index (χ3v) is 4.40. The Hall–Kier alpha value is -2.34. The summed E-state index contributed by atoms with van der Waals surface area (Å²) in [7, 11) is 0. The molecule has 1 fully saturated rings. The highest BCUT2D eigenvalue weighted by Gasteiger charge is 2.24. The quantitative estimate of drug-likeness (QED) is 0.883. The molecule has 2 aromatic heterocycles. The summed E-state index contributed by atoms with van der Waals surface area (Å²) in [5, 5.41) is 5.76. The molecule has 2 N–H and O–H groups in total. The van der Waals surface area contributed by atoms with E-state index < -0.39 is 0 Å². The fourth-order valence-corrected chi connectivity index (χ4v) is 3.08. The average molecular weight is 328 g/mol. The monoisotopic (exact) mass is 328 g/mol. The second-order valence-corrected chi connectivity index (χ2v) is 6.13. The van der Waals surface area contributed by atoms with Gasteiger partial charge in [0.2, 0.25) is 0 Å². The standard InChI is InChI=1S/C18H24N4O2/c1-14-7-5-9-19-17(14)21-18(23)20-13-15(16-8-6-12-24-16)22-10-3-2-4-11-22/h5-9,12,15H,2-4,10-11,13H2,1H3,(H2,19,20,21,23)/t15-/m1/s1. The van der Waals surface area contributed by atoms with Crippen molar-refractivity contribution in [2.45, 2.75) is 32.2 Å². The van der Waals surface area contributed by atoms with Gasteiger partial charge in [-0.1, -0.05) is 12.5 Å². The van der Waals surface area contributed by atoms with Crippen molar-refractivity contribution in [1.82, 2.24) is 15.2 Å². The summed E-state index contributed by atoms with van der Waals surface area (Å²) in [6, 6.07) is 7.45. The van der Waals surface area contributed by atoms with Gasteiger partial charge in [-0.3, -0.25) is 10.2 Å². The normalized spacial score (nSPS) is 16.5. The van der Waals surface area contributed by atoms with Crippen LogP contribution >= 0.6 is 0 Å². The van der Waals surface area contributed by atoms with Gasteiger partial charge in [-0.15, -0.1) is 0 Å². The van der Waals surface area contributed by atoms with Crippen LogP contribution in [0.3, 0.4) is 0 Å². The molecule has 3 heterocycles. The smallest absolute Gasteiger partial charge is 0.320 e. The molecule has 2 amide bonds. The number of likely N-dealkylation sites (tertiary alicyclic amines) is 1. The van der Waals surface area contributed by atoms with Crippen molar-refractivity contribution in [1.29, 1.82) is 0 Å². The molecule has 6 nitrogen and oxygen atoms in total. The average Bonchev–Trinajstić information content (AvgIpc) is 3.12. The Kier molecular flexibility index (Phi) is 5.48. The molecule has 0 bridgehead atoms. The molecule has 3 rings (SSSR count). The van der Waals surface area contributed by atoms with E-state index in [0.29, 0.717) is 12.4 Å². The van der Waals surface area contributed by atoms with Crippen LogP contribution in [0.1, 0.15) is 36.6 Å². The molecule has 0 aromatic carbocycles. The van der Waals surface area contributed by atoms with Crippen molar-refractivity contribution < 1.29 is 9.21 Å². The van der Waals surface area contributed by atoms with Crippen molar-refractivity contribution in [2.75, 3.05) is 25.0 Å². The van der Waals surface area contributed by atoms with Gasteiger partial charge < -0.3 is 9.73 Å². The molecule has 128 valence electrons. The van der Waals surface area contributed by atoms with Crippen LogP contribution in [0.15, 0.2) is 41.1 Å². The molecule has 0 radical (unpaired) electrons. The van der Waals surface area contributed by atoms with Crippen LogP contribution < -0.4 is 10.6 Å². The zero-order chi connectivity index (χ0) is 16.8. The number of urea groups is 1. The van der Waals surface area contributed by atoms with Gasteiger partial charge in [-0.2, -0.15) is 0 Å². The van der Waals surface area contributed by atoms with Crippen LogP contribution in [0.2, 0.25) is 0 Å². The van der Waals surface area contributed by atoms with Crippen molar-refractivity contribution in [3.05, 3.63) is 48.0 Å². The zero-order valence-corrected chi connectivity index (χ0v) is 14.0. The highest BCUT2D eigenvalue weighted by atomic mass is 16.3. The Bertz CT molecular complexity index is 651. The number of nitrogens with one attached hydrogen (secondary N) is 2. The topological polar surface area (TPSA) is 70.4 Å². The number of hydrogen-bond donors (Lipinski definition) is 2. The number of piperidine rings is 1. The fourth-order valence-electron chi connectivity index (χ4n) is 3.08. The summed E-state index contributed by atoms with van der Waals surface area (Å²) in [4.78, 5) is 18.8.